The van der Waals surface area contributed by atoms with Crippen molar-refractivity contribution in [2.45, 2.75) is 40.5 Å². The fourth-order valence-corrected chi connectivity index (χ4v) is 3.76. The van der Waals surface area contributed by atoms with E-state index in [1.165, 1.54) is 17.0 Å². The molecule has 14 nitrogen and oxygen atoms in total. The lowest BCUT2D eigenvalue weighted by Gasteiger charge is -2.18. The Morgan fingerprint density at radius 3 is 2.50 bits per heavy atom. The van der Waals surface area contributed by atoms with Crippen LogP contribution in [-0.2, 0) is 19.1 Å². The number of rotatable bonds is 11. The number of carbonyl (C=O) groups excluding carboxylic acids is 4. The van der Waals surface area contributed by atoms with Gasteiger partial charge in [-0.05, 0) is 51.0 Å². The van der Waals surface area contributed by atoms with Gasteiger partial charge < -0.3 is 25.2 Å². The van der Waals surface area contributed by atoms with E-state index in [0.29, 0.717) is 34.7 Å². The van der Waals surface area contributed by atoms with Gasteiger partial charge in [0.15, 0.2) is 5.82 Å². The molecule has 1 aromatic carbocycles. The summed E-state index contributed by atoms with van der Waals surface area (Å²) in [5.41, 5.74) is 3.08. The maximum atomic E-state index is 13.3. The number of imide groups is 1. The minimum absolute atomic E-state index is 0.0428. The zero-order valence-corrected chi connectivity index (χ0v) is 22.5. The Hall–Kier alpha value is -5.01. The van der Waals surface area contributed by atoms with Crippen LogP contribution in [0.1, 0.15) is 58.5 Å². The van der Waals surface area contributed by atoms with E-state index < -0.39 is 37.2 Å². The summed E-state index contributed by atoms with van der Waals surface area (Å²) in [4.78, 5) is 65.4. The second kappa shape index (κ2) is 13.2. The number of hydrogen-bond donors (Lipinski definition) is 3. The maximum Gasteiger partial charge on any atom is 0.419 e. The quantitative estimate of drug-likeness (QED) is 0.234. The number of carbonyl (C=O) groups is 5. The molecule has 0 bridgehead atoms. The number of nitrogens with zero attached hydrogens (tertiary/aromatic N) is 4. The molecule has 0 spiro atoms. The summed E-state index contributed by atoms with van der Waals surface area (Å²) in [5.74, 6) is -2.54. The van der Waals surface area contributed by atoms with E-state index in [0.717, 1.165) is 10.5 Å². The van der Waals surface area contributed by atoms with Gasteiger partial charge in [-0.25, -0.2) is 19.2 Å². The number of amides is 3. The largest absolute Gasteiger partial charge is 0.481 e. The molecular weight excluding hydrogens is 524 g/mol. The number of benzene rings is 1. The molecule has 3 N–H and O–H groups in total. The lowest BCUT2D eigenvalue weighted by atomic mass is 10.1. The fourth-order valence-electron chi connectivity index (χ4n) is 3.76. The summed E-state index contributed by atoms with van der Waals surface area (Å²) in [6.45, 7) is 6.62. The van der Waals surface area contributed by atoms with E-state index in [-0.39, 0.29) is 24.4 Å². The first kappa shape index (κ1) is 29.5. The molecule has 0 aliphatic heterocycles. The van der Waals surface area contributed by atoms with Crippen LogP contribution in [0.2, 0.25) is 0 Å². The molecule has 0 radical (unpaired) electrons. The standard InChI is InChI=1S/C26H30N6O8/c1-5-27-24(36)17-8-7-15(3)19(11-17)30-23-22-16(4)18(12-32(22)29-13-28-23)25(37)31(6-2)26(38)40-14-39-21(35)10-9-20(33)34/h7-8,11-13H,5-6,9-10,14H2,1-4H3,(H,27,36)(H,33,34)(H,28,29,30). The van der Waals surface area contributed by atoms with Gasteiger partial charge >= 0.3 is 18.0 Å². The van der Waals surface area contributed by atoms with Gasteiger partial charge in [0.1, 0.15) is 11.8 Å². The lowest BCUT2D eigenvalue weighted by molar-refractivity contribution is -0.154. The third-order valence-corrected chi connectivity index (χ3v) is 5.87. The monoisotopic (exact) mass is 554 g/mol. The van der Waals surface area contributed by atoms with Crippen molar-refractivity contribution in [1.29, 1.82) is 0 Å². The maximum absolute atomic E-state index is 13.3. The van der Waals surface area contributed by atoms with E-state index in [9.17, 15) is 24.0 Å². The number of carboxylic acid groups (broad SMARTS) is 1. The predicted octanol–water partition coefficient (Wildman–Crippen LogP) is 2.80. The number of fused-ring (bicyclic) bond motifs is 1. The SMILES string of the molecule is CCNC(=O)c1ccc(C)c(Nc2ncnn3cc(C(=O)N(CC)C(=O)OCOC(=O)CCC(=O)O)c(C)c23)c1. The first-order valence-electron chi connectivity index (χ1n) is 12.4. The summed E-state index contributed by atoms with van der Waals surface area (Å²) in [5, 5.41) is 18.8. The van der Waals surface area contributed by atoms with Crippen LogP contribution in [0.4, 0.5) is 16.3 Å². The molecule has 0 atom stereocenters. The third-order valence-electron chi connectivity index (χ3n) is 5.87. The molecule has 0 saturated heterocycles. The van der Waals surface area contributed by atoms with E-state index in [4.69, 9.17) is 14.6 Å². The van der Waals surface area contributed by atoms with E-state index in [1.807, 2.05) is 13.8 Å². The number of esters is 1. The fraction of sp³-hybridized carbons (Fsp3) is 0.346. The highest BCUT2D eigenvalue weighted by atomic mass is 16.7. The van der Waals surface area contributed by atoms with Crippen LogP contribution in [0.25, 0.3) is 5.52 Å². The Kier molecular flexibility index (Phi) is 9.73. The van der Waals surface area contributed by atoms with Crippen molar-refractivity contribution in [3.63, 3.8) is 0 Å². The summed E-state index contributed by atoms with van der Waals surface area (Å²) < 4.78 is 11.0. The molecule has 3 rings (SSSR count). The van der Waals surface area contributed by atoms with Gasteiger partial charge in [0.2, 0.25) is 6.79 Å². The molecule has 0 unspecified atom stereocenters. The number of carboxylic acids is 1. The van der Waals surface area contributed by atoms with Crippen molar-refractivity contribution in [2.75, 3.05) is 25.2 Å². The van der Waals surface area contributed by atoms with Crippen LogP contribution < -0.4 is 10.6 Å². The van der Waals surface area contributed by atoms with Crippen molar-refractivity contribution < 1.29 is 38.6 Å². The molecule has 0 aliphatic rings. The molecule has 212 valence electrons. The van der Waals surface area contributed by atoms with Crippen LogP contribution >= 0.6 is 0 Å². The van der Waals surface area contributed by atoms with Crippen molar-refractivity contribution in [2.24, 2.45) is 0 Å². The molecule has 0 fully saturated rings. The molecule has 2 heterocycles. The van der Waals surface area contributed by atoms with Crippen LogP contribution in [0, 0.1) is 13.8 Å². The molecule has 2 aromatic heterocycles. The zero-order valence-electron chi connectivity index (χ0n) is 22.5. The number of aliphatic carboxylic acids is 1. The zero-order chi connectivity index (χ0) is 29.4. The highest BCUT2D eigenvalue weighted by Gasteiger charge is 2.27. The number of nitrogens with one attached hydrogen (secondary N) is 2. The predicted molar refractivity (Wildman–Crippen MR) is 141 cm³/mol. The number of ether oxygens (including phenoxy) is 2. The number of aryl methyl sites for hydroxylation is 2. The Bertz CT molecular complexity index is 1450. The number of anilines is 2. The van der Waals surface area contributed by atoms with Crippen molar-refractivity contribution in [1.82, 2.24) is 24.8 Å². The van der Waals surface area contributed by atoms with Crippen LogP contribution in [-0.4, -0.2) is 74.3 Å². The molecule has 0 saturated carbocycles. The van der Waals surface area contributed by atoms with Gasteiger partial charge in [0.05, 0.1) is 18.4 Å². The van der Waals surface area contributed by atoms with E-state index in [1.54, 1.807) is 32.0 Å². The highest BCUT2D eigenvalue weighted by Crippen LogP contribution is 2.28. The normalized spacial score (nSPS) is 10.6. The van der Waals surface area contributed by atoms with E-state index >= 15 is 0 Å². The second-order valence-corrected chi connectivity index (χ2v) is 8.57. The van der Waals surface area contributed by atoms with Gasteiger partial charge in [-0.3, -0.25) is 19.2 Å². The van der Waals surface area contributed by atoms with Gasteiger partial charge in [-0.1, -0.05) is 6.07 Å². The van der Waals surface area contributed by atoms with Gasteiger partial charge in [0, 0.05) is 30.5 Å². The van der Waals surface area contributed by atoms with Crippen molar-refractivity contribution >= 4 is 46.9 Å². The number of aromatic nitrogens is 3. The van der Waals surface area contributed by atoms with Gasteiger partial charge in [-0.15, -0.1) is 0 Å². The topological polar surface area (TPSA) is 182 Å². The third kappa shape index (κ3) is 6.89. The van der Waals surface area contributed by atoms with Crippen molar-refractivity contribution in [3.8, 4) is 0 Å². The first-order chi connectivity index (χ1) is 19.1. The summed E-state index contributed by atoms with van der Waals surface area (Å²) in [6.07, 6.45) is 0.908. The molecule has 40 heavy (non-hydrogen) atoms. The lowest BCUT2D eigenvalue weighted by Crippen LogP contribution is -2.37. The van der Waals surface area contributed by atoms with Gasteiger partial charge in [-0.2, -0.15) is 5.10 Å². The van der Waals surface area contributed by atoms with Crippen molar-refractivity contribution in [3.05, 3.63) is 53.0 Å². The smallest absolute Gasteiger partial charge is 0.419 e. The first-order valence-corrected chi connectivity index (χ1v) is 12.4. The highest BCUT2D eigenvalue weighted by molar-refractivity contribution is 6.05. The number of hydrogen-bond acceptors (Lipinski definition) is 10. The molecule has 0 aliphatic carbocycles. The average Bonchev–Trinajstić information content (AvgIpc) is 3.26. The molecule has 14 heteroatoms. The van der Waals surface area contributed by atoms with Crippen LogP contribution in [0.5, 0.6) is 0 Å². The molecule has 3 amide bonds. The average molecular weight is 555 g/mol. The summed E-state index contributed by atoms with van der Waals surface area (Å²) in [6, 6.07) is 5.22. The Balaban J connectivity index is 1.81. The van der Waals surface area contributed by atoms with Crippen LogP contribution in [0.3, 0.4) is 0 Å². The second-order valence-electron chi connectivity index (χ2n) is 8.57. The van der Waals surface area contributed by atoms with Crippen LogP contribution in [0.15, 0.2) is 30.7 Å². The molecular formula is C26H30N6O8. The summed E-state index contributed by atoms with van der Waals surface area (Å²) >= 11 is 0. The summed E-state index contributed by atoms with van der Waals surface area (Å²) in [7, 11) is 0. The minimum Gasteiger partial charge on any atom is -0.481 e. The Morgan fingerprint density at radius 1 is 1.07 bits per heavy atom. The Morgan fingerprint density at radius 2 is 1.82 bits per heavy atom. The minimum atomic E-state index is -1.17. The molecule has 3 aromatic rings. The van der Waals surface area contributed by atoms with E-state index in [2.05, 4.69) is 20.7 Å². The van der Waals surface area contributed by atoms with Gasteiger partial charge in [0.25, 0.3) is 11.8 Å². The Labute approximate surface area is 229 Å².